The first kappa shape index (κ1) is 30.1. The van der Waals surface area contributed by atoms with E-state index in [1.165, 1.54) is 12.4 Å². The first-order valence-electron chi connectivity index (χ1n) is 10.8. The molecule has 0 radical (unpaired) electrons. The van der Waals surface area contributed by atoms with Crippen LogP contribution in [-0.4, -0.2) is 71.2 Å². The summed E-state index contributed by atoms with van der Waals surface area (Å²) < 4.78 is 5.12. The number of hydrogen-bond donors (Lipinski definition) is 6. The Bertz CT molecular complexity index is 841. The number of rotatable bonds is 14. The van der Waals surface area contributed by atoms with Crippen molar-refractivity contribution in [2.45, 2.75) is 45.3 Å². The molecule has 192 valence electrons. The largest absolute Gasteiger partial charge is 0.394 e. The average molecular weight is 522 g/mol. The standard InChI is InChI=1S/C22H33Cl2N3O7/c1-13(2)12-22(32,14(3)19(29)27-33)21(31)26-18(20(30)25-6-8-34-9-7-28)11-15-4-5-16(23)17(24)10-15/h4-5,10,13-14,18,28,32-33H,6-9,11-12H2,1-3H3,(H,25,30)(H,26,31)(H,27,29). The second-order valence-corrected chi connectivity index (χ2v) is 9.14. The second kappa shape index (κ2) is 14.4. The molecular weight excluding hydrogens is 489 g/mol. The minimum atomic E-state index is -2.19. The summed E-state index contributed by atoms with van der Waals surface area (Å²) in [6.45, 7) is 5.05. The number of ether oxygens (including phenoxy) is 1. The molecule has 1 aromatic rings. The fourth-order valence-corrected chi connectivity index (χ4v) is 3.65. The van der Waals surface area contributed by atoms with Crippen molar-refractivity contribution in [1.29, 1.82) is 0 Å². The van der Waals surface area contributed by atoms with Gasteiger partial charge in [-0.05, 0) is 30.0 Å². The van der Waals surface area contributed by atoms with E-state index in [9.17, 15) is 19.5 Å². The second-order valence-electron chi connectivity index (χ2n) is 8.33. The van der Waals surface area contributed by atoms with Crippen molar-refractivity contribution in [3.63, 3.8) is 0 Å². The SMILES string of the molecule is CC(C)CC(O)(C(=O)NC(Cc1ccc(Cl)c(Cl)c1)C(=O)NCCOCCO)C(C)C(=O)NO. The van der Waals surface area contributed by atoms with E-state index in [-0.39, 0.29) is 50.1 Å². The van der Waals surface area contributed by atoms with Gasteiger partial charge in [-0.15, -0.1) is 0 Å². The Morgan fingerprint density at radius 2 is 1.76 bits per heavy atom. The molecule has 3 amide bonds. The van der Waals surface area contributed by atoms with Gasteiger partial charge >= 0.3 is 0 Å². The molecule has 3 unspecified atom stereocenters. The van der Waals surface area contributed by atoms with Gasteiger partial charge in [0.05, 0.1) is 35.8 Å². The zero-order valence-electron chi connectivity index (χ0n) is 19.4. The Hall–Kier alpha value is -1.95. The van der Waals surface area contributed by atoms with Gasteiger partial charge in [-0.2, -0.15) is 0 Å². The number of aliphatic hydroxyl groups is 2. The first-order valence-corrected chi connectivity index (χ1v) is 11.6. The molecule has 6 N–H and O–H groups in total. The van der Waals surface area contributed by atoms with Crippen LogP contribution < -0.4 is 16.1 Å². The van der Waals surface area contributed by atoms with E-state index in [0.29, 0.717) is 10.6 Å². The first-order chi connectivity index (χ1) is 16.0. The summed E-state index contributed by atoms with van der Waals surface area (Å²) in [4.78, 5) is 38.1. The fraction of sp³-hybridized carbons (Fsp3) is 0.591. The fourth-order valence-electron chi connectivity index (χ4n) is 3.33. The van der Waals surface area contributed by atoms with Gasteiger partial charge in [0.2, 0.25) is 11.8 Å². The van der Waals surface area contributed by atoms with Crippen molar-refractivity contribution in [2.75, 3.05) is 26.4 Å². The topological polar surface area (TPSA) is 157 Å². The number of carbonyl (C=O) groups is 3. The summed E-state index contributed by atoms with van der Waals surface area (Å²) in [5.74, 6) is -3.92. The highest BCUT2D eigenvalue weighted by atomic mass is 35.5. The van der Waals surface area contributed by atoms with E-state index >= 15 is 0 Å². The molecule has 0 saturated heterocycles. The highest BCUT2D eigenvalue weighted by Gasteiger charge is 2.46. The predicted octanol–water partition coefficient (Wildman–Crippen LogP) is 1.06. The maximum absolute atomic E-state index is 13.2. The molecule has 0 aliphatic carbocycles. The van der Waals surface area contributed by atoms with Gasteiger partial charge < -0.3 is 25.6 Å². The molecule has 0 fully saturated rings. The molecule has 0 aliphatic heterocycles. The molecule has 34 heavy (non-hydrogen) atoms. The molecule has 0 spiro atoms. The number of amides is 3. The number of carbonyl (C=O) groups excluding carboxylic acids is 3. The van der Waals surface area contributed by atoms with Crippen molar-refractivity contribution in [1.82, 2.24) is 16.1 Å². The lowest BCUT2D eigenvalue weighted by Crippen LogP contribution is -2.60. The monoisotopic (exact) mass is 521 g/mol. The van der Waals surface area contributed by atoms with Crippen LogP contribution in [0.25, 0.3) is 0 Å². The number of hydrogen-bond acceptors (Lipinski definition) is 7. The Morgan fingerprint density at radius 3 is 2.32 bits per heavy atom. The van der Waals surface area contributed by atoms with Gasteiger partial charge in [0.15, 0.2) is 5.60 Å². The van der Waals surface area contributed by atoms with Crippen LogP contribution in [0.4, 0.5) is 0 Å². The van der Waals surface area contributed by atoms with Gasteiger partial charge in [-0.25, -0.2) is 5.48 Å². The van der Waals surface area contributed by atoms with Crippen LogP contribution in [-0.2, 0) is 25.5 Å². The molecule has 0 aromatic heterocycles. The normalized spacial score (nSPS) is 14.7. The highest BCUT2D eigenvalue weighted by Crippen LogP contribution is 2.27. The molecule has 0 aliphatic rings. The molecule has 1 rings (SSSR count). The van der Waals surface area contributed by atoms with E-state index in [1.807, 2.05) is 0 Å². The lowest BCUT2D eigenvalue weighted by atomic mass is 9.80. The van der Waals surface area contributed by atoms with Crippen LogP contribution in [0, 0.1) is 11.8 Å². The summed E-state index contributed by atoms with van der Waals surface area (Å²) in [7, 11) is 0. The van der Waals surface area contributed by atoms with Crippen LogP contribution in [0.5, 0.6) is 0 Å². The molecule has 0 heterocycles. The van der Waals surface area contributed by atoms with Gasteiger partial charge in [-0.1, -0.05) is 50.0 Å². The molecule has 0 saturated carbocycles. The number of halogens is 2. The van der Waals surface area contributed by atoms with Gasteiger partial charge in [-0.3, -0.25) is 19.6 Å². The van der Waals surface area contributed by atoms with E-state index in [4.69, 9.17) is 38.3 Å². The van der Waals surface area contributed by atoms with Crippen molar-refractivity contribution >= 4 is 40.9 Å². The summed E-state index contributed by atoms with van der Waals surface area (Å²) in [6, 6.07) is 3.63. The van der Waals surface area contributed by atoms with Gasteiger partial charge in [0, 0.05) is 13.0 Å². The van der Waals surface area contributed by atoms with Gasteiger partial charge in [0.1, 0.15) is 6.04 Å². The van der Waals surface area contributed by atoms with Crippen molar-refractivity contribution in [2.24, 2.45) is 11.8 Å². The third-order valence-corrected chi connectivity index (χ3v) is 5.90. The van der Waals surface area contributed by atoms with E-state index < -0.39 is 35.3 Å². The summed E-state index contributed by atoms with van der Waals surface area (Å²) >= 11 is 12.0. The quantitative estimate of drug-likeness (QED) is 0.121. The number of nitrogens with one attached hydrogen (secondary N) is 3. The average Bonchev–Trinajstić information content (AvgIpc) is 2.78. The number of benzene rings is 1. The highest BCUT2D eigenvalue weighted by molar-refractivity contribution is 6.42. The van der Waals surface area contributed by atoms with Crippen LogP contribution in [0.3, 0.4) is 0 Å². The van der Waals surface area contributed by atoms with Crippen molar-refractivity contribution < 1.29 is 34.5 Å². The maximum atomic E-state index is 13.2. The third kappa shape index (κ3) is 9.01. The minimum absolute atomic E-state index is 0.0182. The Kier molecular flexibility index (Phi) is 12.8. The Morgan fingerprint density at radius 1 is 1.09 bits per heavy atom. The zero-order chi connectivity index (χ0) is 25.9. The number of hydroxylamine groups is 1. The smallest absolute Gasteiger partial charge is 0.253 e. The summed E-state index contributed by atoms with van der Waals surface area (Å²) in [5.41, 5.74) is -0.142. The molecular formula is C22H33Cl2N3O7. The van der Waals surface area contributed by atoms with Crippen molar-refractivity contribution in [3.8, 4) is 0 Å². The summed E-state index contributed by atoms with van der Waals surface area (Å²) in [6.07, 6.45) is -0.0756. The van der Waals surface area contributed by atoms with E-state index in [2.05, 4.69) is 10.6 Å². The maximum Gasteiger partial charge on any atom is 0.253 e. The van der Waals surface area contributed by atoms with E-state index in [0.717, 1.165) is 0 Å². The lowest BCUT2D eigenvalue weighted by molar-refractivity contribution is -0.159. The van der Waals surface area contributed by atoms with Crippen LogP contribution in [0.15, 0.2) is 18.2 Å². The summed E-state index contributed by atoms with van der Waals surface area (Å²) in [5, 5.41) is 34.7. The Balaban J connectivity index is 3.14. The predicted molar refractivity (Wildman–Crippen MR) is 127 cm³/mol. The van der Waals surface area contributed by atoms with Crippen LogP contribution in [0.1, 0.15) is 32.8 Å². The molecule has 12 heteroatoms. The van der Waals surface area contributed by atoms with E-state index in [1.54, 1.807) is 32.0 Å². The molecule has 3 atom stereocenters. The minimum Gasteiger partial charge on any atom is -0.394 e. The Labute approximate surface area is 208 Å². The molecule has 10 nitrogen and oxygen atoms in total. The van der Waals surface area contributed by atoms with Crippen LogP contribution in [0.2, 0.25) is 10.0 Å². The van der Waals surface area contributed by atoms with Crippen molar-refractivity contribution in [3.05, 3.63) is 33.8 Å². The molecule has 1 aromatic carbocycles. The molecule has 0 bridgehead atoms. The lowest BCUT2D eigenvalue weighted by Gasteiger charge is -2.34. The van der Waals surface area contributed by atoms with Gasteiger partial charge in [0.25, 0.3) is 5.91 Å². The zero-order valence-corrected chi connectivity index (χ0v) is 20.9. The number of aliphatic hydroxyl groups excluding tert-OH is 1. The third-order valence-electron chi connectivity index (χ3n) is 5.16. The van der Waals surface area contributed by atoms with Crippen LogP contribution >= 0.6 is 23.2 Å².